The third kappa shape index (κ3) is 4.99. The van der Waals surface area contributed by atoms with Crippen molar-refractivity contribution in [2.45, 2.75) is 31.2 Å². The van der Waals surface area contributed by atoms with Crippen LogP contribution in [-0.4, -0.2) is 32.7 Å². The van der Waals surface area contributed by atoms with Crippen LogP contribution in [0.1, 0.15) is 28.8 Å². The molecule has 1 aliphatic rings. The number of benzene rings is 2. The van der Waals surface area contributed by atoms with Crippen LogP contribution < -0.4 is 15.4 Å². The number of aliphatic hydroxyl groups excluding tert-OH is 1. The van der Waals surface area contributed by atoms with E-state index >= 15 is 0 Å². The number of halogens is 2. The van der Waals surface area contributed by atoms with Gasteiger partial charge >= 0.3 is 0 Å². The van der Waals surface area contributed by atoms with E-state index in [9.17, 15) is 14.3 Å². The molecule has 2 aromatic carbocycles. The number of aliphatic hydroxyl groups is 1. The van der Waals surface area contributed by atoms with Crippen molar-refractivity contribution in [3.05, 3.63) is 83.2 Å². The second-order valence-electron chi connectivity index (χ2n) is 7.31. The van der Waals surface area contributed by atoms with Crippen LogP contribution in [0.25, 0.3) is 0 Å². The average Bonchev–Trinajstić information content (AvgIpc) is 3.56. The van der Waals surface area contributed by atoms with Gasteiger partial charge in [-0.15, -0.1) is 0 Å². The molecule has 7 nitrogen and oxygen atoms in total. The summed E-state index contributed by atoms with van der Waals surface area (Å²) in [4.78, 5) is 20.0. The second-order valence-corrected chi connectivity index (χ2v) is 7.71. The molecule has 0 bridgehead atoms. The first-order valence-electron chi connectivity index (χ1n) is 9.67. The monoisotopic (exact) mass is 442 g/mol. The molecule has 0 radical (unpaired) electrons. The maximum atomic E-state index is 14.5. The van der Waals surface area contributed by atoms with E-state index in [1.54, 1.807) is 36.4 Å². The largest absolute Gasteiger partial charge is 0.456 e. The SMILES string of the molecule is O=C(NC1(C(O)NCc2ccc(Oc3ccccc3Cl)cc2F)CC1)c1cncnc1. The highest BCUT2D eigenvalue weighted by Gasteiger charge is 2.50. The maximum absolute atomic E-state index is 14.5. The molecule has 0 saturated heterocycles. The Morgan fingerprint density at radius 1 is 1.23 bits per heavy atom. The van der Waals surface area contributed by atoms with Crippen molar-refractivity contribution in [1.82, 2.24) is 20.6 Å². The minimum Gasteiger partial charge on any atom is -0.456 e. The zero-order valence-electron chi connectivity index (χ0n) is 16.4. The quantitative estimate of drug-likeness (QED) is 0.462. The van der Waals surface area contributed by atoms with E-state index < -0.39 is 17.6 Å². The highest BCUT2D eigenvalue weighted by molar-refractivity contribution is 6.32. The van der Waals surface area contributed by atoms with Crippen molar-refractivity contribution in [2.75, 3.05) is 0 Å². The minimum atomic E-state index is -1.04. The van der Waals surface area contributed by atoms with Crippen LogP contribution in [-0.2, 0) is 6.54 Å². The zero-order valence-corrected chi connectivity index (χ0v) is 17.1. The molecule has 1 aromatic heterocycles. The number of nitrogens with one attached hydrogen (secondary N) is 2. The summed E-state index contributed by atoms with van der Waals surface area (Å²) < 4.78 is 20.2. The molecule has 1 aliphatic carbocycles. The summed E-state index contributed by atoms with van der Waals surface area (Å²) in [7, 11) is 0. The molecule has 160 valence electrons. The van der Waals surface area contributed by atoms with Gasteiger partial charge in [0.05, 0.1) is 16.1 Å². The van der Waals surface area contributed by atoms with E-state index in [4.69, 9.17) is 16.3 Å². The number of hydrogen-bond acceptors (Lipinski definition) is 6. The van der Waals surface area contributed by atoms with Crippen LogP contribution in [0.2, 0.25) is 5.02 Å². The van der Waals surface area contributed by atoms with E-state index in [0.717, 1.165) is 0 Å². The molecule has 1 saturated carbocycles. The first-order valence-corrected chi connectivity index (χ1v) is 10.0. The van der Waals surface area contributed by atoms with Crippen molar-refractivity contribution < 1.29 is 19.0 Å². The molecule has 1 unspecified atom stereocenters. The Bertz CT molecular complexity index is 1080. The van der Waals surface area contributed by atoms with Gasteiger partial charge in [0.1, 0.15) is 29.9 Å². The first-order chi connectivity index (χ1) is 15.0. The van der Waals surface area contributed by atoms with Crippen molar-refractivity contribution in [3.63, 3.8) is 0 Å². The lowest BCUT2D eigenvalue weighted by molar-refractivity contribution is 0.0658. The van der Waals surface area contributed by atoms with Crippen LogP contribution in [0.3, 0.4) is 0 Å². The van der Waals surface area contributed by atoms with E-state index in [0.29, 0.717) is 40.5 Å². The van der Waals surface area contributed by atoms with Gasteiger partial charge in [0.2, 0.25) is 0 Å². The van der Waals surface area contributed by atoms with Crippen LogP contribution in [0.5, 0.6) is 11.5 Å². The van der Waals surface area contributed by atoms with Crippen LogP contribution in [0.15, 0.2) is 61.2 Å². The number of rotatable bonds is 8. The first kappa shape index (κ1) is 21.2. The smallest absolute Gasteiger partial charge is 0.254 e. The Hall–Kier alpha value is -3.07. The Morgan fingerprint density at radius 2 is 1.97 bits per heavy atom. The van der Waals surface area contributed by atoms with Gasteiger partial charge in [-0.2, -0.15) is 0 Å². The molecule has 1 atom stereocenters. The number of para-hydroxylation sites is 1. The van der Waals surface area contributed by atoms with Gasteiger partial charge in [-0.3, -0.25) is 10.1 Å². The fourth-order valence-electron chi connectivity index (χ4n) is 3.11. The number of ether oxygens (including phenoxy) is 1. The number of hydrogen-bond donors (Lipinski definition) is 3. The summed E-state index contributed by atoms with van der Waals surface area (Å²) in [6.07, 6.45) is 4.31. The van der Waals surface area contributed by atoms with Crippen molar-refractivity contribution in [1.29, 1.82) is 0 Å². The van der Waals surface area contributed by atoms with E-state index in [1.807, 2.05) is 0 Å². The molecule has 3 N–H and O–H groups in total. The summed E-state index contributed by atoms with van der Waals surface area (Å²) in [5.41, 5.74) is -0.137. The standard InChI is InChI=1S/C22H20ClFN4O3/c23-17-3-1-2-4-19(17)31-16-6-5-14(18(24)9-16)12-27-21(30)22(7-8-22)28-20(29)15-10-25-13-26-11-15/h1-6,9-11,13,21,27,30H,7-8,12H2,(H,28,29). The van der Waals surface area contributed by atoms with Gasteiger partial charge in [0.15, 0.2) is 0 Å². The number of carbonyl (C=O) groups is 1. The predicted molar refractivity (Wildman–Crippen MR) is 112 cm³/mol. The third-order valence-electron chi connectivity index (χ3n) is 5.07. The molecule has 0 spiro atoms. The van der Waals surface area contributed by atoms with Gasteiger partial charge in [-0.05, 0) is 31.0 Å². The summed E-state index contributed by atoms with van der Waals surface area (Å²) in [5, 5.41) is 16.7. The fraction of sp³-hybridized carbons (Fsp3) is 0.227. The lowest BCUT2D eigenvalue weighted by Gasteiger charge is -2.24. The fourth-order valence-corrected chi connectivity index (χ4v) is 3.28. The second kappa shape index (κ2) is 8.97. The molecule has 0 aliphatic heterocycles. The molecule has 9 heteroatoms. The van der Waals surface area contributed by atoms with Crippen LogP contribution in [0, 0.1) is 5.82 Å². The highest BCUT2D eigenvalue weighted by atomic mass is 35.5. The van der Waals surface area contributed by atoms with E-state index in [1.165, 1.54) is 24.8 Å². The number of amides is 1. The van der Waals surface area contributed by atoms with Crippen molar-refractivity contribution in [2.24, 2.45) is 0 Å². The summed E-state index contributed by atoms with van der Waals surface area (Å²) in [5.74, 6) is -0.114. The number of nitrogens with zero attached hydrogens (tertiary/aromatic N) is 2. The van der Waals surface area contributed by atoms with Gasteiger partial charge in [-0.1, -0.05) is 29.8 Å². The molecule has 1 amide bonds. The third-order valence-corrected chi connectivity index (χ3v) is 5.38. The van der Waals surface area contributed by atoms with Crippen LogP contribution >= 0.6 is 11.6 Å². The Kier molecular flexibility index (Phi) is 6.13. The van der Waals surface area contributed by atoms with Gasteiger partial charge < -0.3 is 15.2 Å². The molecular formula is C22H20ClFN4O3. The topological polar surface area (TPSA) is 96.4 Å². The molecule has 31 heavy (non-hydrogen) atoms. The number of carbonyl (C=O) groups excluding carboxylic acids is 1. The molecule has 3 aromatic rings. The maximum Gasteiger partial charge on any atom is 0.254 e. The molecular weight excluding hydrogens is 423 g/mol. The zero-order chi connectivity index (χ0) is 21.8. The lowest BCUT2D eigenvalue weighted by atomic mass is 10.1. The van der Waals surface area contributed by atoms with E-state index in [-0.39, 0.29) is 12.5 Å². The summed E-state index contributed by atoms with van der Waals surface area (Å²) >= 11 is 6.06. The van der Waals surface area contributed by atoms with Gasteiger partial charge in [-0.25, -0.2) is 14.4 Å². The van der Waals surface area contributed by atoms with Crippen molar-refractivity contribution in [3.8, 4) is 11.5 Å². The Balaban J connectivity index is 1.35. The molecule has 1 heterocycles. The van der Waals surface area contributed by atoms with Crippen molar-refractivity contribution >= 4 is 17.5 Å². The van der Waals surface area contributed by atoms with Crippen LogP contribution in [0.4, 0.5) is 4.39 Å². The average molecular weight is 443 g/mol. The lowest BCUT2D eigenvalue weighted by Crippen LogP contribution is -2.52. The molecule has 1 fully saturated rings. The summed E-state index contributed by atoms with van der Waals surface area (Å²) in [6.45, 7) is 0.0748. The minimum absolute atomic E-state index is 0.0748. The Labute approximate surface area is 183 Å². The Morgan fingerprint density at radius 3 is 2.65 bits per heavy atom. The molecule has 4 rings (SSSR count). The normalized spacial score (nSPS) is 15.2. The summed E-state index contributed by atoms with van der Waals surface area (Å²) in [6, 6.07) is 11.4. The highest BCUT2D eigenvalue weighted by Crippen LogP contribution is 2.38. The van der Waals surface area contributed by atoms with Gasteiger partial charge in [0.25, 0.3) is 5.91 Å². The van der Waals surface area contributed by atoms with E-state index in [2.05, 4.69) is 20.6 Å². The number of aromatic nitrogens is 2. The van der Waals surface area contributed by atoms with Gasteiger partial charge in [0, 0.05) is 30.6 Å². The predicted octanol–water partition coefficient (Wildman–Crippen LogP) is 3.43.